The molecule has 0 unspecified atom stereocenters. The molecule has 2 aromatic heterocycles. The number of rotatable bonds is 31. The SMILES string of the molecule is C.CC(=O)CC(C)=O.CCOC(=O)CNN.CCOC(=O)Cn1nc(C)c(Cc2ccc(OC)c(-c3cccc([N+](=O)[O-])c3)c2)c1C.COc1ccc(CBr)cc1-c1cccc([N+](=O)[O-])c1.COc1ccc(CC(C(C)=O)C(C)=O)cc1-c1cccc([N+](=O)[O-])c1.COc1ccc(Cc2c(C)nn(CC(=O)O)c2C)cc1-c1cccc([N+](=O)[O-])c1.Cl. The van der Waals surface area contributed by atoms with E-state index in [-0.39, 0.29) is 110 Å². The summed E-state index contributed by atoms with van der Waals surface area (Å²) in [4.78, 5) is 119. The number of carboxylic acid groups (broad SMARTS) is 1. The van der Waals surface area contributed by atoms with Crippen LogP contribution in [0.2, 0.25) is 0 Å². The van der Waals surface area contributed by atoms with E-state index < -0.39 is 31.6 Å². The summed E-state index contributed by atoms with van der Waals surface area (Å²) in [5, 5.41) is 62.7. The lowest BCUT2D eigenvalue weighted by Gasteiger charge is -2.14. The van der Waals surface area contributed by atoms with E-state index >= 15 is 0 Å². The van der Waals surface area contributed by atoms with Gasteiger partial charge in [-0.15, -0.1) is 12.4 Å². The number of hydrazine groups is 1. The normalized spacial score (nSPS) is 10.2. The number of esters is 2. The Bertz CT molecular complexity index is 5270. The Hall–Kier alpha value is -13.2. The maximum absolute atomic E-state index is 11.8. The van der Waals surface area contributed by atoms with Crippen molar-refractivity contribution in [2.24, 2.45) is 11.8 Å². The number of nitrogens with one attached hydrogen (secondary N) is 1. The van der Waals surface area contributed by atoms with Gasteiger partial charge in [-0.1, -0.05) is 96.2 Å². The Kier molecular flexibility index (Phi) is 42.6. The first-order valence-electron chi connectivity index (χ1n) is 36.8. The number of alkyl halides is 1. The van der Waals surface area contributed by atoms with Crippen molar-refractivity contribution in [3.05, 3.63) is 266 Å². The number of carbonyl (C=O) groups is 7. The van der Waals surface area contributed by atoms with Gasteiger partial charge in [0, 0.05) is 111 Å². The Morgan fingerprint density at radius 3 is 1.06 bits per heavy atom. The topological polar surface area (TPSA) is 441 Å². The van der Waals surface area contributed by atoms with Gasteiger partial charge >= 0.3 is 17.9 Å². The molecule has 0 aliphatic heterocycles. The Balaban J connectivity index is 0.000000395. The highest BCUT2D eigenvalue weighted by molar-refractivity contribution is 9.08. The van der Waals surface area contributed by atoms with Crippen LogP contribution in [0.4, 0.5) is 22.7 Å². The lowest BCUT2D eigenvalue weighted by atomic mass is 9.91. The number of non-ortho nitro benzene ring substituents is 4. The van der Waals surface area contributed by atoms with Gasteiger partial charge in [-0.25, -0.2) is 5.43 Å². The van der Waals surface area contributed by atoms with Gasteiger partial charge in [0.05, 0.1) is 85.1 Å². The summed E-state index contributed by atoms with van der Waals surface area (Å²) in [6.45, 7) is 17.4. The highest BCUT2D eigenvalue weighted by Gasteiger charge is 2.24. The number of methoxy groups -OCH3 is 4. The zero-order valence-electron chi connectivity index (χ0n) is 68.8. The molecule has 0 bridgehead atoms. The molecule has 4 N–H and O–H groups in total. The molecule has 0 aliphatic carbocycles. The number of aliphatic carboxylic acids is 1. The minimum atomic E-state index is -0.945. The largest absolute Gasteiger partial charge is 0.496 e. The van der Waals surface area contributed by atoms with E-state index in [1.54, 1.807) is 101 Å². The maximum Gasteiger partial charge on any atom is 0.327 e. The molecule has 8 aromatic carbocycles. The number of benzene rings is 8. The molecule has 34 heteroatoms. The van der Waals surface area contributed by atoms with Crippen LogP contribution in [0.15, 0.2) is 170 Å². The third-order valence-corrected chi connectivity index (χ3v) is 18.5. The molecule has 10 rings (SSSR count). The third-order valence-electron chi connectivity index (χ3n) is 17.8. The minimum absolute atomic E-state index is 0. The number of ether oxygens (including phenoxy) is 6. The molecule has 0 amide bonds. The van der Waals surface area contributed by atoms with E-state index in [1.165, 1.54) is 82.0 Å². The summed E-state index contributed by atoms with van der Waals surface area (Å²) in [5.41, 5.74) is 17.3. The van der Waals surface area contributed by atoms with Crippen molar-refractivity contribution in [3.8, 4) is 67.5 Å². The molecule has 644 valence electrons. The van der Waals surface area contributed by atoms with Crippen molar-refractivity contribution in [1.29, 1.82) is 0 Å². The summed E-state index contributed by atoms with van der Waals surface area (Å²) in [6.07, 6.45) is 1.53. The molecule has 121 heavy (non-hydrogen) atoms. The molecular formula is C87H100BrClN10O22. The summed E-state index contributed by atoms with van der Waals surface area (Å²) >= 11 is 3.40. The first kappa shape index (κ1) is 102. The fraction of sp³-hybridized carbons (Fsp3) is 0.299. The van der Waals surface area contributed by atoms with Crippen molar-refractivity contribution in [2.45, 2.75) is 121 Å². The second-order valence-corrected chi connectivity index (χ2v) is 27.0. The number of nitro groups is 4. The lowest BCUT2D eigenvalue weighted by molar-refractivity contribution is -0.385. The van der Waals surface area contributed by atoms with Crippen LogP contribution in [-0.4, -0.2) is 134 Å². The van der Waals surface area contributed by atoms with Gasteiger partial charge in [-0.05, 0) is 169 Å². The van der Waals surface area contributed by atoms with Crippen molar-refractivity contribution >= 4 is 92.1 Å². The van der Waals surface area contributed by atoms with E-state index in [1.807, 2.05) is 94.4 Å². The quantitative estimate of drug-likeness (QED) is 0.00907. The van der Waals surface area contributed by atoms with Crippen molar-refractivity contribution in [3.63, 3.8) is 0 Å². The monoisotopic (exact) mass is 1750 g/mol. The third kappa shape index (κ3) is 31.2. The Morgan fingerprint density at radius 2 is 0.777 bits per heavy atom. The average molecular weight is 1750 g/mol. The van der Waals surface area contributed by atoms with E-state index in [9.17, 15) is 74.0 Å². The van der Waals surface area contributed by atoms with Crippen molar-refractivity contribution in [2.75, 3.05) is 48.2 Å². The number of hydrogen-bond acceptors (Lipinski definition) is 25. The number of carboxylic acids is 1. The number of nitro benzene ring substituents is 4. The smallest absolute Gasteiger partial charge is 0.327 e. The summed E-state index contributed by atoms with van der Waals surface area (Å²) in [6, 6.07) is 48.3. The second kappa shape index (κ2) is 50.5. The predicted octanol–water partition coefficient (Wildman–Crippen LogP) is 16.4. The zero-order valence-corrected chi connectivity index (χ0v) is 71.2. The Morgan fingerprint density at radius 1 is 0.471 bits per heavy atom. The molecule has 10 aromatic rings. The molecule has 0 radical (unpaired) electrons. The van der Waals surface area contributed by atoms with Gasteiger partial charge in [0.25, 0.3) is 22.7 Å². The molecule has 0 atom stereocenters. The summed E-state index contributed by atoms with van der Waals surface area (Å²) < 4.78 is 34.3. The molecule has 32 nitrogen and oxygen atoms in total. The van der Waals surface area contributed by atoms with Gasteiger partial charge < -0.3 is 33.5 Å². The van der Waals surface area contributed by atoms with Gasteiger partial charge in [0.2, 0.25) is 0 Å². The van der Waals surface area contributed by atoms with Gasteiger partial charge in [0.1, 0.15) is 65.8 Å². The number of nitrogens with zero attached hydrogens (tertiary/aromatic N) is 8. The standard InChI is InChI=1S/C23H25N3O5.C21H21N3O5.C19H19NO5.C14H12BrNO3.C5H8O2.C4H10N2O2.CH4.ClH/c1-5-31-23(27)14-25-16(3)20(15(2)24-25)11-17-9-10-22(30-4)21(12-17)18-7-6-8-19(13-18)26(28)29;1-13-18(14(2)23(22-13)12-21(25)26)9-15-7-8-20(29-3)19(10-15)16-5-4-6-17(11-16)24(27)28;1-12(21)17(13(2)22)9-14-7-8-19(25-3)18(10-14)15-5-4-6-16(11-15)20(23)24;1-19-14-6-5-10(9-15)7-13(14)11-3-2-4-12(8-11)16(17)18;1-4(6)3-5(2)7;1-2-8-4(7)3-6-5;;/h6-10,12-13H,5,11,14H2,1-4H3;4-8,10-11H,9,12H2,1-3H3,(H,25,26);4-8,10-11,17H,9H2,1-3H3;2-8H,9H2,1H3;3H2,1-2H3;6H,2-3,5H2,1H3;1H4;1H. The van der Waals surface area contributed by atoms with E-state index in [2.05, 4.69) is 36.3 Å². The first-order chi connectivity index (χ1) is 56.5. The molecule has 0 spiro atoms. The van der Waals surface area contributed by atoms with Crippen LogP contribution in [0.5, 0.6) is 23.0 Å². The molecule has 0 saturated carbocycles. The first-order valence-corrected chi connectivity index (χ1v) is 37.9. The number of nitrogens with two attached hydrogens (primary N) is 1. The van der Waals surface area contributed by atoms with E-state index in [4.69, 9.17) is 34.6 Å². The number of Topliss-reactive ketones (excluding diaryl/α,β-unsaturated/α-hetero) is 4. The fourth-order valence-corrected chi connectivity index (χ4v) is 12.5. The highest BCUT2D eigenvalue weighted by Crippen LogP contribution is 2.38. The highest BCUT2D eigenvalue weighted by atomic mass is 79.9. The molecular weight excluding hydrogens is 1650 g/mol. The van der Waals surface area contributed by atoms with Crippen LogP contribution in [-0.2, 0) is 80.7 Å². The molecule has 0 fully saturated rings. The number of hydrogen-bond donors (Lipinski definition) is 3. The zero-order chi connectivity index (χ0) is 88.3. The lowest BCUT2D eigenvalue weighted by Crippen LogP contribution is -2.30. The Labute approximate surface area is 714 Å². The van der Waals surface area contributed by atoms with Crippen LogP contribution in [0.3, 0.4) is 0 Å². The van der Waals surface area contributed by atoms with Crippen molar-refractivity contribution < 1.29 is 86.8 Å². The number of carbonyl (C=O) groups excluding carboxylic acids is 6. The van der Waals surface area contributed by atoms with Crippen LogP contribution < -0.4 is 30.2 Å². The number of ketones is 4. The van der Waals surface area contributed by atoms with Gasteiger partial charge in [-0.3, -0.25) is 89.2 Å². The maximum atomic E-state index is 11.8. The van der Waals surface area contributed by atoms with Crippen LogP contribution >= 0.6 is 28.3 Å². The summed E-state index contributed by atoms with van der Waals surface area (Å²) in [7, 11) is 6.23. The van der Waals surface area contributed by atoms with Crippen LogP contribution in [0, 0.1) is 74.1 Å². The van der Waals surface area contributed by atoms with Gasteiger partial charge in [-0.2, -0.15) is 10.2 Å². The van der Waals surface area contributed by atoms with E-state index in [0.717, 1.165) is 83.7 Å². The second-order valence-electron chi connectivity index (χ2n) is 26.4. The number of aryl methyl sites for hydroxylation is 2. The molecule has 0 saturated heterocycles. The fourth-order valence-electron chi connectivity index (χ4n) is 12.1. The van der Waals surface area contributed by atoms with Crippen LogP contribution in [0.1, 0.15) is 112 Å². The van der Waals surface area contributed by atoms with Gasteiger partial charge in [0.15, 0.2) is 0 Å². The minimum Gasteiger partial charge on any atom is -0.496 e. The number of aromatic nitrogens is 4. The number of halogens is 2. The van der Waals surface area contributed by atoms with Crippen molar-refractivity contribution in [1.82, 2.24) is 25.0 Å². The molecule has 2 heterocycles. The average Bonchev–Trinajstić information content (AvgIpc) is 1.73. The predicted molar refractivity (Wildman–Crippen MR) is 464 cm³/mol. The summed E-state index contributed by atoms with van der Waals surface area (Å²) in [5.74, 6) is 4.55. The van der Waals surface area contributed by atoms with E-state index in [0.29, 0.717) is 71.3 Å². The molecule has 0 aliphatic rings. The van der Waals surface area contributed by atoms with Crippen LogP contribution in [0.25, 0.3) is 44.5 Å².